The van der Waals surface area contributed by atoms with E-state index in [4.69, 9.17) is 0 Å². The first-order valence-corrected chi connectivity index (χ1v) is 15.6. The van der Waals surface area contributed by atoms with Crippen LogP contribution in [-0.4, -0.2) is 0 Å². The Bertz CT molecular complexity index is 1960. The van der Waals surface area contributed by atoms with Crippen LogP contribution < -0.4 is 4.90 Å². The molecule has 0 N–H and O–H groups in total. The minimum absolute atomic E-state index is 0.0335. The molecule has 1 nitrogen and oxygen atoms in total. The summed E-state index contributed by atoms with van der Waals surface area (Å²) in [5.41, 5.74) is 10.8. The molecule has 0 aliphatic heterocycles. The van der Waals surface area contributed by atoms with Crippen molar-refractivity contribution in [2.24, 2.45) is 5.92 Å². The van der Waals surface area contributed by atoms with Crippen LogP contribution in [0.1, 0.15) is 44.2 Å². The van der Waals surface area contributed by atoms with Crippen LogP contribution in [0.4, 0.5) is 11.4 Å². The summed E-state index contributed by atoms with van der Waals surface area (Å²) in [6, 6.07) is 31.9. The predicted octanol–water partition coefficient (Wildman–Crippen LogP) is 11.2. The molecule has 4 aromatic carbocycles. The number of hydrogen-bond acceptors (Lipinski definition) is 2. The lowest BCUT2D eigenvalue weighted by Crippen LogP contribution is -2.20. The van der Waals surface area contributed by atoms with Crippen LogP contribution in [0, 0.1) is 5.92 Å². The first-order chi connectivity index (χ1) is 20.1. The lowest BCUT2D eigenvalue weighted by Gasteiger charge is -2.32. The van der Waals surface area contributed by atoms with E-state index >= 15 is 0 Å². The molecule has 5 aromatic rings. The van der Waals surface area contributed by atoms with E-state index in [0.29, 0.717) is 5.92 Å². The van der Waals surface area contributed by atoms with Gasteiger partial charge in [-0.1, -0.05) is 98.8 Å². The Labute approximate surface area is 246 Å². The van der Waals surface area contributed by atoms with Gasteiger partial charge < -0.3 is 4.90 Å². The van der Waals surface area contributed by atoms with Crippen molar-refractivity contribution in [3.63, 3.8) is 0 Å². The van der Waals surface area contributed by atoms with Gasteiger partial charge >= 0.3 is 0 Å². The zero-order chi connectivity index (χ0) is 27.6. The largest absolute Gasteiger partial charge is 0.314 e. The second-order valence-electron chi connectivity index (χ2n) is 12.0. The summed E-state index contributed by atoms with van der Waals surface area (Å²) >= 11 is 1.90. The number of hydrogen-bond donors (Lipinski definition) is 0. The number of benzene rings is 4. The zero-order valence-electron chi connectivity index (χ0n) is 23.6. The van der Waals surface area contributed by atoms with Crippen LogP contribution in [0.15, 0.2) is 133 Å². The van der Waals surface area contributed by atoms with E-state index in [1.54, 1.807) is 0 Å². The highest BCUT2D eigenvalue weighted by Gasteiger charge is 2.36. The van der Waals surface area contributed by atoms with E-state index in [1.807, 2.05) is 11.3 Å². The van der Waals surface area contributed by atoms with Gasteiger partial charge in [-0.15, -0.1) is 11.3 Å². The Balaban J connectivity index is 1.29. The van der Waals surface area contributed by atoms with Gasteiger partial charge in [0.1, 0.15) is 0 Å². The molecule has 0 bridgehead atoms. The number of allylic oxidation sites excluding steroid dienone is 8. The molecule has 0 radical (unpaired) electrons. The smallest absolute Gasteiger partial charge is 0.0472 e. The average Bonchev–Trinajstić information content (AvgIpc) is 3.50. The third kappa shape index (κ3) is 3.96. The molecule has 3 aliphatic carbocycles. The van der Waals surface area contributed by atoms with Crippen molar-refractivity contribution in [2.45, 2.75) is 38.5 Å². The molecule has 1 atom stereocenters. The molecular formula is C39H33NS. The minimum Gasteiger partial charge on any atom is -0.314 e. The third-order valence-electron chi connectivity index (χ3n) is 9.26. The van der Waals surface area contributed by atoms with E-state index in [9.17, 15) is 0 Å². The van der Waals surface area contributed by atoms with Crippen LogP contribution in [0.3, 0.4) is 0 Å². The van der Waals surface area contributed by atoms with Crippen molar-refractivity contribution in [3.05, 3.63) is 144 Å². The normalized spacial score (nSPS) is 18.7. The molecule has 0 amide bonds. The van der Waals surface area contributed by atoms with Crippen molar-refractivity contribution < 1.29 is 0 Å². The van der Waals surface area contributed by atoms with Crippen molar-refractivity contribution in [1.29, 1.82) is 0 Å². The van der Waals surface area contributed by atoms with Crippen LogP contribution in [0.2, 0.25) is 0 Å². The Morgan fingerprint density at radius 1 is 0.756 bits per heavy atom. The standard InChI is InChI=1S/C39H33NS/c1-39(2)35-17-8-6-15-31(35)32-21-19-29(24-36(32)39)40(28-14-10-13-27(23-28)26-11-4-3-5-12-26)30-20-22-34-33-16-7-9-18-37(33)41-38(34)25-30/h3-9,11,13,15-26H,10,12,14H2,1-2H3. The molecule has 1 aromatic heterocycles. The van der Waals surface area contributed by atoms with Gasteiger partial charge in [-0.3, -0.25) is 0 Å². The molecule has 3 aliphatic rings. The van der Waals surface area contributed by atoms with Crippen LogP contribution >= 0.6 is 11.3 Å². The van der Waals surface area contributed by atoms with Crippen LogP contribution in [-0.2, 0) is 5.41 Å². The summed E-state index contributed by atoms with van der Waals surface area (Å²) in [6.07, 6.45) is 17.1. The average molecular weight is 548 g/mol. The second kappa shape index (κ2) is 9.46. The molecule has 200 valence electrons. The molecule has 0 spiro atoms. The molecular weight excluding hydrogens is 515 g/mol. The first-order valence-electron chi connectivity index (χ1n) is 14.8. The zero-order valence-corrected chi connectivity index (χ0v) is 24.4. The minimum atomic E-state index is -0.0335. The second-order valence-corrected chi connectivity index (χ2v) is 13.1. The summed E-state index contributed by atoms with van der Waals surface area (Å²) in [5, 5.41) is 2.69. The van der Waals surface area contributed by atoms with Crippen molar-refractivity contribution in [1.82, 2.24) is 0 Å². The number of nitrogens with zero attached hydrogens (tertiary/aromatic N) is 1. The fourth-order valence-electron chi connectivity index (χ4n) is 7.14. The number of fused-ring (bicyclic) bond motifs is 6. The van der Waals surface area contributed by atoms with E-state index < -0.39 is 0 Å². The van der Waals surface area contributed by atoms with Gasteiger partial charge in [0.25, 0.3) is 0 Å². The van der Waals surface area contributed by atoms with Crippen LogP contribution in [0.5, 0.6) is 0 Å². The Morgan fingerprint density at radius 3 is 2.44 bits per heavy atom. The SMILES string of the molecule is CC1(C)c2ccccc2-c2ccc(N(C3=CC(C4C=CC=CC4)=CCC3)c3ccc4c(c3)sc3ccccc34)cc21. The number of rotatable bonds is 4. The third-order valence-corrected chi connectivity index (χ3v) is 10.4. The fourth-order valence-corrected chi connectivity index (χ4v) is 8.28. The maximum Gasteiger partial charge on any atom is 0.0472 e. The van der Waals surface area contributed by atoms with Gasteiger partial charge in [0.05, 0.1) is 0 Å². The molecule has 0 fully saturated rings. The van der Waals surface area contributed by atoms with Gasteiger partial charge in [0, 0.05) is 48.6 Å². The van der Waals surface area contributed by atoms with Crippen molar-refractivity contribution in [3.8, 4) is 11.1 Å². The van der Waals surface area contributed by atoms with Gasteiger partial charge in [-0.05, 0) is 83.5 Å². The van der Waals surface area contributed by atoms with Crippen molar-refractivity contribution >= 4 is 42.9 Å². The molecule has 1 unspecified atom stereocenters. The maximum atomic E-state index is 2.54. The van der Waals surface area contributed by atoms with Gasteiger partial charge in [0.2, 0.25) is 0 Å². The number of anilines is 2. The highest BCUT2D eigenvalue weighted by Crippen LogP contribution is 2.50. The van der Waals surface area contributed by atoms with E-state index in [-0.39, 0.29) is 5.41 Å². The topological polar surface area (TPSA) is 3.24 Å². The highest BCUT2D eigenvalue weighted by molar-refractivity contribution is 7.25. The Morgan fingerprint density at radius 2 is 1.54 bits per heavy atom. The Kier molecular flexibility index (Phi) is 5.69. The molecule has 1 heterocycles. The van der Waals surface area contributed by atoms with E-state index in [0.717, 1.165) is 19.3 Å². The molecule has 0 saturated heterocycles. The lowest BCUT2D eigenvalue weighted by molar-refractivity contribution is 0.660. The number of thiophene rings is 1. The summed E-state index contributed by atoms with van der Waals surface area (Å²) in [4.78, 5) is 2.54. The van der Waals surface area contributed by atoms with E-state index in [2.05, 4.69) is 140 Å². The lowest BCUT2D eigenvalue weighted by atomic mass is 9.82. The molecule has 8 rings (SSSR count). The van der Waals surface area contributed by atoms with Crippen molar-refractivity contribution in [2.75, 3.05) is 4.90 Å². The summed E-state index contributed by atoms with van der Waals surface area (Å²) in [5.74, 6) is 0.454. The summed E-state index contributed by atoms with van der Waals surface area (Å²) in [6.45, 7) is 4.75. The predicted molar refractivity (Wildman–Crippen MR) is 177 cm³/mol. The summed E-state index contributed by atoms with van der Waals surface area (Å²) < 4.78 is 2.69. The van der Waals surface area contributed by atoms with Gasteiger partial charge in [0.15, 0.2) is 0 Å². The van der Waals surface area contributed by atoms with Gasteiger partial charge in [-0.25, -0.2) is 0 Å². The molecule has 41 heavy (non-hydrogen) atoms. The maximum absolute atomic E-state index is 2.54. The summed E-state index contributed by atoms with van der Waals surface area (Å²) in [7, 11) is 0. The van der Waals surface area contributed by atoms with E-state index in [1.165, 1.54) is 65.1 Å². The van der Waals surface area contributed by atoms with Gasteiger partial charge in [-0.2, -0.15) is 0 Å². The quantitative estimate of drug-likeness (QED) is 0.216. The molecule has 0 saturated carbocycles. The fraction of sp³-hybridized carbons (Fsp3) is 0.179. The molecule has 2 heteroatoms. The monoisotopic (exact) mass is 547 g/mol. The van der Waals surface area contributed by atoms with Crippen LogP contribution in [0.25, 0.3) is 31.3 Å². The Hall–Kier alpha value is -4.14. The highest BCUT2D eigenvalue weighted by atomic mass is 32.1. The first kappa shape index (κ1) is 24.6.